The fraction of sp³-hybridized carbons (Fsp3) is 0.235. The van der Waals surface area contributed by atoms with Crippen LogP contribution in [0.25, 0.3) is 0 Å². The topological polar surface area (TPSA) is 35.6 Å². The van der Waals surface area contributed by atoms with Gasteiger partial charge in [-0.3, -0.25) is 0 Å². The summed E-state index contributed by atoms with van der Waals surface area (Å²) in [4.78, 5) is 15.9. The molecule has 0 radical (unpaired) electrons. The quantitative estimate of drug-likeness (QED) is 0.817. The summed E-state index contributed by atoms with van der Waals surface area (Å²) >= 11 is 11.9. The second-order valence-electron chi connectivity index (χ2n) is 5.63. The molecule has 25 heavy (non-hydrogen) atoms. The van der Waals surface area contributed by atoms with Gasteiger partial charge in [0.2, 0.25) is 0 Å². The number of halogens is 4. The summed E-state index contributed by atoms with van der Waals surface area (Å²) in [6.07, 6.45) is 0. The molecular formula is C17H15Cl2F2N3O. The summed E-state index contributed by atoms with van der Waals surface area (Å²) in [7, 11) is 0. The van der Waals surface area contributed by atoms with Crippen molar-refractivity contribution in [1.29, 1.82) is 0 Å². The van der Waals surface area contributed by atoms with E-state index in [0.717, 1.165) is 6.07 Å². The van der Waals surface area contributed by atoms with Crippen LogP contribution in [-0.2, 0) is 0 Å². The largest absolute Gasteiger partial charge is 0.368 e. The lowest BCUT2D eigenvalue weighted by Gasteiger charge is -2.36. The van der Waals surface area contributed by atoms with Crippen LogP contribution in [0.15, 0.2) is 36.4 Å². The van der Waals surface area contributed by atoms with Gasteiger partial charge in [-0.25, -0.2) is 13.6 Å². The van der Waals surface area contributed by atoms with Crippen molar-refractivity contribution in [2.45, 2.75) is 0 Å². The van der Waals surface area contributed by atoms with Gasteiger partial charge >= 0.3 is 6.03 Å². The Hall–Kier alpha value is -2.05. The smallest absolute Gasteiger partial charge is 0.322 e. The molecule has 1 saturated heterocycles. The molecule has 1 N–H and O–H groups in total. The molecule has 0 aromatic heterocycles. The standard InChI is InChI=1S/C17H15Cl2F2N3O/c18-11-1-4-16(13(19)9-11)22-17(25)24-7-5-23(6-8-24)12-2-3-14(20)15(21)10-12/h1-4,9-10H,5-8H2,(H,22,25). The van der Waals surface area contributed by atoms with Crippen molar-refractivity contribution in [1.82, 2.24) is 4.90 Å². The van der Waals surface area contributed by atoms with Crippen LogP contribution in [0.1, 0.15) is 0 Å². The van der Waals surface area contributed by atoms with Crippen molar-refractivity contribution < 1.29 is 13.6 Å². The van der Waals surface area contributed by atoms with E-state index in [4.69, 9.17) is 23.2 Å². The third kappa shape index (κ3) is 4.14. The van der Waals surface area contributed by atoms with Crippen LogP contribution in [0, 0.1) is 11.6 Å². The number of carbonyl (C=O) groups excluding carboxylic acids is 1. The van der Waals surface area contributed by atoms with Gasteiger partial charge in [-0.05, 0) is 30.3 Å². The molecule has 4 nitrogen and oxygen atoms in total. The third-order valence-electron chi connectivity index (χ3n) is 4.01. The van der Waals surface area contributed by atoms with E-state index in [1.807, 2.05) is 4.90 Å². The highest BCUT2D eigenvalue weighted by molar-refractivity contribution is 6.36. The monoisotopic (exact) mass is 385 g/mol. The van der Waals surface area contributed by atoms with Crippen molar-refractivity contribution in [2.24, 2.45) is 0 Å². The Kier molecular flexibility index (Phi) is 5.30. The van der Waals surface area contributed by atoms with Crippen LogP contribution >= 0.6 is 23.2 Å². The Balaban J connectivity index is 1.59. The molecule has 2 amide bonds. The van der Waals surface area contributed by atoms with Gasteiger partial charge in [-0.15, -0.1) is 0 Å². The number of piperazine rings is 1. The first kappa shape index (κ1) is 17.8. The summed E-state index contributed by atoms with van der Waals surface area (Å²) in [6, 6.07) is 8.37. The van der Waals surface area contributed by atoms with E-state index in [9.17, 15) is 13.6 Å². The lowest BCUT2D eigenvalue weighted by atomic mass is 10.2. The molecule has 1 aliphatic rings. The second-order valence-corrected chi connectivity index (χ2v) is 6.47. The molecule has 0 unspecified atom stereocenters. The van der Waals surface area contributed by atoms with Crippen molar-refractivity contribution in [3.63, 3.8) is 0 Å². The average molecular weight is 386 g/mol. The van der Waals surface area contributed by atoms with Crippen molar-refractivity contribution in [3.8, 4) is 0 Å². The zero-order valence-corrected chi connectivity index (χ0v) is 14.6. The fourth-order valence-corrected chi connectivity index (χ4v) is 3.09. The highest BCUT2D eigenvalue weighted by Crippen LogP contribution is 2.26. The molecule has 1 aliphatic heterocycles. The summed E-state index contributed by atoms with van der Waals surface area (Å²) in [5, 5.41) is 3.60. The SMILES string of the molecule is O=C(Nc1ccc(Cl)cc1Cl)N1CCN(c2ccc(F)c(F)c2)CC1. The molecule has 0 bridgehead atoms. The average Bonchev–Trinajstić information content (AvgIpc) is 2.60. The molecule has 1 fully saturated rings. The summed E-state index contributed by atoms with van der Waals surface area (Å²) in [5.74, 6) is -1.75. The predicted octanol–water partition coefficient (Wildman–Crippen LogP) is 4.63. The number of anilines is 2. The number of nitrogens with zero attached hydrogens (tertiary/aromatic N) is 2. The molecule has 2 aromatic carbocycles. The maximum absolute atomic E-state index is 13.3. The minimum Gasteiger partial charge on any atom is -0.368 e. The van der Waals surface area contributed by atoms with Gasteiger partial charge in [0.15, 0.2) is 11.6 Å². The zero-order chi connectivity index (χ0) is 18.0. The fourth-order valence-electron chi connectivity index (χ4n) is 2.63. The van der Waals surface area contributed by atoms with E-state index in [1.54, 1.807) is 23.1 Å². The molecule has 3 rings (SSSR count). The van der Waals surface area contributed by atoms with Crippen LogP contribution in [0.3, 0.4) is 0 Å². The Morgan fingerprint density at radius 2 is 1.68 bits per heavy atom. The van der Waals surface area contributed by atoms with E-state index < -0.39 is 11.6 Å². The minimum atomic E-state index is -0.880. The van der Waals surface area contributed by atoms with Crippen molar-refractivity contribution in [2.75, 3.05) is 36.4 Å². The van der Waals surface area contributed by atoms with Crippen LogP contribution in [0.5, 0.6) is 0 Å². The normalized spacial score (nSPS) is 14.6. The van der Waals surface area contributed by atoms with Crippen molar-refractivity contribution in [3.05, 3.63) is 58.1 Å². The molecule has 0 atom stereocenters. The number of urea groups is 1. The number of nitrogens with one attached hydrogen (secondary N) is 1. The number of carbonyl (C=O) groups is 1. The van der Waals surface area contributed by atoms with E-state index in [1.165, 1.54) is 12.1 Å². The highest BCUT2D eigenvalue weighted by atomic mass is 35.5. The molecule has 0 saturated carbocycles. The van der Waals surface area contributed by atoms with Crippen LogP contribution in [0.4, 0.5) is 25.0 Å². The first-order chi connectivity index (χ1) is 11.9. The minimum absolute atomic E-state index is 0.269. The third-order valence-corrected chi connectivity index (χ3v) is 4.56. The van der Waals surface area contributed by atoms with E-state index >= 15 is 0 Å². The van der Waals surface area contributed by atoms with Crippen LogP contribution in [0.2, 0.25) is 10.0 Å². The molecule has 2 aromatic rings. The van der Waals surface area contributed by atoms with Gasteiger partial charge in [0.25, 0.3) is 0 Å². The lowest BCUT2D eigenvalue weighted by Crippen LogP contribution is -2.50. The van der Waals surface area contributed by atoms with Gasteiger partial charge < -0.3 is 15.1 Å². The predicted molar refractivity (Wildman–Crippen MR) is 95.6 cm³/mol. The number of amides is 2. The van der Waals surface area contributed by atoms with Gasteiger partial charge in [0.05, 0.1) is 10.7 Å². The van der Waals surface area contributed by atoms with Crippen molar-refractivity contribution >= 4 is 40.6 Å². The van der Waals surface area contributed by atoms with E-state index in [2.05, 4.69) is 5.32 Å². The van der Waals surface area contributed by atoms with Crippen LogP contribution < -0.4 is 10.2 Å². The first-order valence-electron chi connectivity index (χ1n) is 7.65. The summed E-state index contributed by atoms with van der Waals surface area (Å²) in [6.45, 7) is 1.95. The molecule has 132 valence electrons. The Labute approximate surface area is 153 Å². The molecular weight excluding hydrogens is 371 g/mol. The Bertz CT molecular complexity index is 795. The summed E-state index contributed by atoms with van der Waals surface area (Å²) < 4.78 is 26.4. The molecule has 0 spiro atoms. The van der Waals surface area contributed by atoms with Crippen LogP contribution in [-0.4, -0.2) is 37.1 Å². The first-order valence-corrected chi connectivity index (χ1v) is 8.40. The summed E-state index contributed by atoms with van der Waals surface area (Å²) in [5.41, 5.74) is 1.08. The lowest BCUT2D eigenvalue weighted by molar-refractivity contribution is 0.208. The number of hydrogen-bond donors (Lipinski definition) is 1. The maximum Gasteiger partial charge on any atom is 0.322 e. The van der Waals surface area contributed by atoms with E-state index in [-0.39, 0.29) is 6.03 Å². The molecule has 8 heteroatoms. The Morgan fingerprint density at radius 1 is 0.960 bits per heavy atom. The maximum atomic E-state index is 13.3. The second kappa shape index (κ2) is 7.45. The van der Waals surface area contributed by atoms with Gasteiger partial charge in [0, 0.05) is 43.0 Å². The van der Waals surface area contributed by atoms with Gasteiger partial charge in [0.1, 0.15) is 0 Å². The highest BCUT2D eigenvalue weighted by Gasteiger charge is 2.22. The molecule has 0 aliphatic carbocycles. The number of rotatable bonds is 2. The van der Waals surface area contributed by atoms with Gasteiger partial charge in [-0.1, -0.05) is 23.2 Å². The number of hydrogen-bond acceptors (Lipinski definition) is 2. The Morgan fingerprint density at radius 3 is 2.32 bits per heavy atom. The van der Waals surface area contributed by atoms with E-state index in [0.29, 0.717) is 47.6 Å². The van der Waals surface area contributed by atoms with Gasteiger partial charge in [-0.2, -0.15) is 0 Å². The number of benzene rings is 2. The molecule has 1 heterocycles. The zero-order valence-electron chi connectivity index (χ0n) is 13.1.